The van der Waals surface area contributed by atoms with Crippen molar-refractivity contribution in [3.05, 3.63) is 23.8 Å². The lowest BCUT2D eigenvalue weighted by Crippen LogP contribution is -2.48. The summed E-state index contributed by atoms with van der Waals surface area (Å²) in [5.74, 6) is 0.287. The minimum Gasteiger partial charge on any atom is -0.490 e. The van der Waals surface area contributed by atoms with E-state index >= 15 is 0 Å². The molecular formula is C24H37NO5. The van der Waals surface area contributed by atoms with E-state index in [0.29, 0.717) is 42.4 Å². The summed E-state index contributed by atoms with van der Waals surface area (Å²) in [4.78, 5) is 25.8. The first kappa shape index (κ1) is 24.2. The number of ether oxygens (including phenoxy) is 3. The number of esters is 1. The highest BCUT2D eigenvalue weighted by Crippen LogP contribution is 2.37. The molecule has 0 aromatic heterocycles. The average molecular weight is 420 g/mol. The van der Waals surface area contributed by atoms with Gasteiger partial charge in [0.25, 0.3) is 5.91 Å². The summed E-state index contributed by atoms with van der Waals surface area (Å²) in [6.45, 7) is 10.8. The first-order valence-electron chi connectivity index (χ1n) is 11.3. The fraction of sp³-hybridized carbons (Fsp3) is 0.667. The lowest BCUT2D eigenvalue weighted by Gasteiger charge is -2.38. The molecule has 0 spiro atoms. The molecule has 1 N–H and O–H groups in total. The summed E-state index contributed by atoms with van der Waals surface area (Å²) < 4.78 is 17.2. The molecule has 2 rings (SSSR count). The van der Waals surface area contributed by atoms with Crippen LogP contribution >= 0.6 is 0 Å². The van der Waals surface area contributed by atoms with E-state index in [0.717, 1.165) is 25.7 Å². The van der Waals surface area contributed by atoms with Crippen LogP contribution in [0.2, 0.25) is 0 Å². The van der Waals surface area contributed by atoms with Crippen LogP contribution in [0.1, 0.15) is 83.5 Å². The van der Waals surface area contributed by atoms with E-state index < -0.39 is 11.6 Å². The predicted molar refractivity (Wildman–Crippen MR) is 118 cm³/mol. The molecule has 0 bridgehead atoms. The summed E-state index contributed by atoms with van der Waals surface area (Å²) in [6, 6.07) is 5.11. The van der Waals surface area contributed by atoms with Gasteiger partial charge in [0.1, 0.15) is 16.9 Å². The molecule has 3 atom stereocenters. The Morgan fingerprint density at radius 3 is 2.67 bits per heavy atom. The molecule has 0 unspecified atom stereocenters. The molecule has 6 nitrogen and oxygen atoms in total. The lowest BCUT2D eigenvalue weighted by atomic mass is 9.78. The van der Waals surface area contributed by atoms with Crippen molar-refractivity contribution in [1.82, 2.24) is 0 Å². The van der Waals surface area contributed by atoms with Crippen LogP contribution in [0.15, 0.2) is 18.2 Å². The van der Waals surface area contributed by atoms with Crippen LogP contribution < -0.4 is 10.1 Å². The molecule has 0 radical (unpaired) electrons. The molecule has 6 heteroatoms. The number of carbonyl (C=O) groups excluding carboxylic acids is 2. The Labute approximate surface area is 180 Å². The van der Waals surface area contributed by atoms with Crippen molar-refractivity contribution >= 4 is 17.6 Å². The molecule has 168 valence electrons. The van der Waals surface area contributed by atoms with Crippen molar-refractivity contribution < 1.29 is 23.8 Å². The van der Waals surface area contributed by atoms with E-state index in [1.807, 2.05) is 20.8 Å². The minimum atomic E-state index is -0.816. The number of anilines is 1. The van der Waals surface area contributed by atoms with Gasteiger partial charge in [-0.25, -0.2) is 4.79 Å². The summed E-state index contributed by atoms with van der Waals surface area (Å²) >= 11 is 0. The van der Waals surface area contributed by atoms with Crippen LogP contribution in [0.5, 0.6) is 5.75 Å². The highest BCUT2D eigenvalue weighted by atomic mass is 16.5. The number of rotatable bonds is 10. The molecule has 0 aliphatic heterocycles. The molecule has 1 aliphatic rings. The number of hydrogen-bond donors (Lipinski definition) is 1. The number of amides is 1. The normalized spacial score (nSPS) is 22.2. The van der Waals surface area contributed by atoms with Crippen molar-refractivity contribution in [2.45, 2.75) is 84.8 Å². The maximum absolute atomic E-state index is 13.3. The van der Waals surface area contributed by atoms with Gasteiger partial charge in [0.15, 0.2) is 0 Å². The van der Waals surface area contributed by atoms with E-state index in [9.17, 15) is 9.59 Å². The van der Waals surface area contributed by atoms with Crippen LogP contribution in [-0.2, 0) is 14.3 Å². The Balaban J connectivity index is 2.27. The monoisotopic (exact) mass is 419 g/mol. The van der Waals surface area contributed by atoms with Crippen LogP contribution in [0.25, 0.3) is 0 Å². The zero-order valence-electron chi connectivity index (χ0n) is 19.1. The number of carbonyl (C=O) groups is 2. The second-order valence-corrected chi connectivity index (χ2v) is 8.27. The predicted octanol–water partition coefficient (Wildman–Crippen LogP) is 5.35. The van der Waals surface area contributed by atoms with E-state index in [1.54, 1.807) is 25.1 Å². The standard InChI is InChI=1S/C24H37NO5/c1-6-14-29-24(13-9-10-17(4)16-24)23(27)25-19-11-12-21(30-18(5)7-2)20(15-19)22(26)28-8-3/h11-12,15,17-18H,6-10,13-14,16H2,1-5H3,(H,25,27)/t17-,18-,24+/m0/s1. The summed E-state index contributed by atoms with van der Waals surface area (Å²) in [5.41, 5.74) is 0.0386. The van der Waals surface area contributed by atoms with Crippen molar-refractivity contribution in [2.24, 2.45) is 5.92 Å². The Kier molecular flexibility index (Phi) is 9.15. The first-order chi connectivity index (χ1) is 14.3. The third-order valence-electron chi connectivity index (χ3n) is 5.59. The van der Waals surface area contributed by atoms with E-state index in [2.05, 4.69) is 12.2 Å². The van der Waals surface area contributed by atoms with Gasteiger partial charge in [-0.05, 0) is 70.1 Å². The van der Waals surface area contributed by atoms with Gasteiger partial charge in [-0.15, -0.1) is 0 Å². The van der Waals surface area contributed by atoms with Gasteiger partial charge in [-0.2, -0.15) is 0 Å². The van der Waals surface area contributed by atoms with Gasteiger partial charge in [-0.1, -0.05) is 27.2 Å². The third kappa shape index (κ3) is 6.21. The molecule has 1 aromatic carbocycles. The van der Waals surface area contributed by atoms with Gasteiger partial charge < -0.3 is 19.5 Å². The van der Waals surface area contributed by atoms with Crippen LogP contribution in [0.3, 0.4) is 0 Å². The smallest absolute Gasteiger partial charge is 0.341 e. The molecule has 1 saturated carbocycles. The first-order valence-corrected chi connectivity index (χ1v) is 11.3. The Morgan fingerprint density at radius 2 is 2.03 bits per heavy atom. The second kappa shape index (κ2) is 11.3. The average Bonchev–Trinajstić information content (AvgIpc) is 2.73. The Morgan fingerprint density at radius 1 is 1.27 bits per heavy atom. The van der Waals surface area contributed by atoms with Gasteiger partial charge in [0.05, 0.1) is 12.7 Å². The Hall–Kier alpha value is -2.08. The third-order valence-corrected chi connectivity index (χ3v) is 5.59. The fourth-order valence-electron chi connectivity index (χ4n) is 3.83. The molecule has 1 amide bonds. The quantitative estimate of drug-likeness (QED) is 0.517. The Bertz CT molecular complexity index is 720. The molecule has 0 heterocycles. The van der Waals surface area contributed by atoms with Crippen LogP contribution in [0.4, 0.5) is 5.69 Å². The molecule has 1 aromatic rings. The van der Waals surface area contributed by atoms with Crippen molar-refractivity contribution in [2.75, 3.05) is 18.5 Å². The number of benzene rings is 1. The van der Waals surface area contributed by atoms with Crippen molar-refractivity contribution in [3.63, 3.8) is 0 Å². The van der Waals surface area contributed by atoms with Gasteiger partial charge >= 0.3 is 5.97 Å². The minimum absolute atomic E-state index is 0.0342. The molecule has 1 aliphatic carbocycles. The van der Waals surface area contributed by atoms with E-state index in [-0.39, 0.29) is 18.6 Å². The van der Waals surface area contributed by atoms with Gasteiger partial charge in [0.2, 0.25) is 0 Å². The summed E-state index contributed by atoms with van der Waals surface area (Å²) in [6.07, 6.45) is 5.14. The number of nitrogens with one attached hydrogen (secondary N) is 1. The molecule has 0 saturated heterocycles. The second-order valence-electron chi connectivity index (χ2n) is 8.27. The zero-order chi connectivity index (χ0) is 22.1. The van der Waals surface area contributed by atoms with Crippen molar-refractivity contribution in [3.8, 4) is 5.75 Å². The van der Waals surface area contributed by atoms with Crippen LogP contribution in [-0.4, -0.2) is 36.8 Å². The number of hydrogen-bond acceptors (Lipinski definition) is 5. The lowest BCUT2D eigenvalue weighted by molar-refractivity contribution is -0.148. The fourth-order valence-corrected chi connectivity index (χ4v) is 3.83. The highest BCUT2D eigenvalue weighted by molar-refractivity contribution is 5.99. The van der Waals surface area contributed by atoms with Crippen LogP contribution in [0, 0.1) is 5.92 Å². The molecular weight excluding hydrogens is 382 g/mol. The summed E-state index contributed by atoms with van der Waals surface area (Å²) in [5, 5.41) is 2.99. The SMILES string of the molecule is CCCO[C@]1(C(=O)Nc2ccc(O[C@@H](C)CC)c(C(=O)OCC)c2)CCC[C@H](C)C1. The van der Waals surface area contributed by atoms with Gasteiger partial charge in [0, 0.05) is 12.3 Å². The maximum atomic E-state index is 13.3. The topological polar surface area (TPSA) is 73.9 Å². The van der Waals surface area contributed by atoms with Gasteiger partial charge in [-0.3, -0.25) is 4.79 Å². The zero-order valence-corrected chi connectivity index (χ0v) is 19.1. The molecule has 1 fully saturated rings. The van der Waals surface area contributed by atoms with E-state index in [1.165, 1.54) is 0 Å². The maximum Gasteiger partial charge on any atom is 0.341 e. The largest absolute Gasteiger partial charge is 0.490 e. The summed E-state index contributed by atoms with van der Waals surface area (Å²) in [7, 11) is 0. The van der Waals surface area contributed by atoms with Crippen molar-refractivity contribution in [1.29, 1.82) is 0 Å². The molecule has 30 heavy (non-hydrogen) atoms. The highest BCUT2D eigenvalue weighted by Gasteiger charge is 2.42. The van der Waals surface area contributed by atoms with E-state index in [4.69, 9.17) is 14.2 Å².